The van der Waals surface area contributed by atoms with Gasteiger partial charge in [-0.25, -0.2) is 0 Å². The van der Waals surface area contributed by atoms with Crippen molar-refractivity contribution in [3.8, 4) is 22.3 Å². The van der Waals surface area contributed by atoms with Crippen molar-refractivity contribution in [3.05, 3.63) is 156 Å². The highest BCUT2D eigenvalue weighted by atomic mass is 79.9. The Labute approximate surface area is 226 Å². The van der Waals surface area contributed by atoms with Crippen LogP contribution >= 0.6 is 15.9 Å². The normalized spacial score (nSPS) is 10.8. The maximum Gasteiger partial charge on any atom is 0.0254 e. The minimum atomic E-state index is 1.13. The lowest BCUT2D eigenvalue weighted by molar-refractivity contribution is 1.62. The molecule has 2 radical (unpaired) electrons. The van der Waals surface area contributed by atoms with Crippen LogP contribution in [0.1, 0.15) is 0 Å². The van der Waals surface area contributed by atoms with Gasteiger partial charge >= 0.3 is 0 Å². The van der Waals surface area contributed by atoms with Gasteiger partial charge in [0.25, 0.3) is 0 Å². The molecule has 0 aliphatic carbocycles. The summed E-state index contributed by atoms with van der Waals surface area (Å²) >= 11 is 3.48. The van der Waals surface area contributed by atoms with Crippen molar-refractivity contribution >= 4 is 48.2 Å². The van der Waals surface area contributed by atoms with Gasteiger partial charge in [0.2, 0.25) is 0 Å². The van der Waals surface area contributed by atoms with Gasteiger partial charge < -0.3 is 0 Å². The molecule has 7 aromatic carbocycles. The molecule has 0 atom stereocenters. The molecule has 0 aliphatic rings. The van der Waals surface area contributed by atoms with E-state index in [9.17, 15) is 0 Å². The van der Waals surface area contributed by atoms with Crippen molar-refractivity contribution in [3.63, 3.8) is 0 Å². The first-order valence-electron chi connectivity index (χ1n) is 12.3. The molecule has 0 saturated heterocycles. The third-order valence-corrected chi connectivity index (χ3v) is 7.35. The lowest BCUT2D eigenvalue weighted by Crippen LogP contribution is -1.84. The number of hydrogen-bond donors (Lipinski definition) is 0. The number of benzene rings is 7. The van der Waals surface area contributed by atoms with Crippen LogP contribution in [0.3, 0.4) is 0 Å². The molecule has 0 bridgehead atoms. The molecule has 7 rings (SSSR count). The summed E-state index contributed by atoms with van der Waals surface area (Å²) in [6.45, 7) is 0. The molecule has 0 amide bonds. The molecule has 1 heteroatoms. The second-order valence-electron chi connectivity index (χ2n) is 8.91. The first-order chi connectivity index (χ1) is 18.3. The fourth-order valence-corrected chi connectivity index (χ4v) is 5.30. The zero-order valence-electron chi connectivity index (χ0n) is 20.2. The Bertz CT molecular complexity index is 1720. The van der Waals surface area contributed by atoms with Crippen molar-refractivity contribution in [1.29, 1.82) is 0 Å². The second-order valence-corrected chi connectivity index (χ2v) is 9.77. The highest BCUT2D eigenvalue weighted by molar-refractivity contribution is 9.10. The predicted octanol–water partition coefficient (Wildman–Crippen LogP) is 10.5. The van der Waals surface area contributed by atoms with Crippen LogP contribution in [0.2, 0.25) is 0 Å². The van der Waals surface area contributed by atoms with E-state index >= 15 is 0 Å². The molecule has 0 nitrogen and oxygen atoms in total. The lowest BCUT2D eigenvalue weighted by atomic mass is 9.94. The van der Waals surface area contributed by atoms with Gasteiger partial charge in [0.1, 0.15) is 0 Å². The van der Waals surface area contributed by atoms with Crippen molar-refractivity contribution in [2.75, 3.05) is 0 Å². The zero-order chi connectivity index (χ0) is 25.0. The topological polar surface area (TPSA) is 0 Å². The lowest BCUT2D eigenvalue weighted by Gasteiger charge is -2.10. The Hall–Kier alpha value is -4.20. The van der Waals surface area contributed by atoms with Gasteiger partial charge in [-0.05, 0) is 72.8 Å². The van der Waals surface area contributed by atoms with Crippen LogP contribution in [0.25, 0.3) is 54.6 Å². The van der Waals surface area contributed by atoms with E-state index in [-0.39, 0.29) is 0 Å². The molecule has 0 N–H and O–H groups in total. The standard InChI is InChI=1S/C26H17.C10H6Br/c1-3-11-23-19(7-1)9-5-13-25(23)21-15-17-22(18-16-21)26-14-6-10-20-8-2-4-12-24(20)26;11-10-7-3-5-8-4-1-2-6-9(8)10/h1-9,11-18H;1-4,6-7H. The molecular weight excluding hydrogens is 512 g/mol. The molecule has 0 fully saturated rings. The minimum absolute atomic E-state index is 1.13. The summed E-state index contributed by atoms with van der Waals surface area (Å²) in [5.74, 6) is 0. The molecule has 7 aromatic rings. The number of halogens is 1. The molecule has 37 heavy (non-hydrogen) atoms. The van der Waals surface area contributed by atoms with Crippen LogP contribution in [0.15, 0.2) is 144 Å². The van der Waals surface area contributed by atoms with E-state index in [0.29, 0.717) is 0 Å². The van der Waals surface area contributed by atoms with Crippen LogP contribution in [-0.2, 0) is 0 Å². The van der Waals surface area contributed by atoms with Gasteiger partial charge in [-0.2, -0.15) is 0 Å². The van der Waals surface area contributed by atoms with Gasteiger partial charge in [0.15, 0.2) is 0 Å². The first kappa shape index (κ1) is 23.2. The molecule has 0 heterocycles. The highest BCUT2D eigenvalue weighted by Crippen LogP contribution is 2.32. The van der Waals surface area contributed by atoms with Gasteiger partial charge in [0, 0.05) is 4.47 Å². The maximum absolute atomic E-state index is 3.48. The average Bonchev–Trinajstić information content (AvgIpc) is 2.97. The third-order valence-electron chi connectivity index (χ3n) is 6.66. The number of hydrogen-bond acceptors (Lipinski definition) is 0. The van der Waals surface area contributed by atoms with Crippen molar-refractivity contribution in [2.45, 2.75) is 0 Å². The van der Waals surface area contributed by atoms with E-state index in [1.165, 1.54) is 43.8 Å². The van der Waals surface area contributed by atoms with Crippen LogP contribution < -0.4 is 0 Å². The van der Waals surface area contributed by atoms with Gasteiger partial charge in [0.05, 0.1) is 0 Å². The van der Waals surface area contributed by atoms with Crippen LogP contribution in [-0.4, -0.2) is 0 Å². The summed E-state index contributed by atoms with van der Waals surface area (Å²) < 4.78 is 1.13. The Morgan fingerprint density at radius 1 is 0.405 bits per heavy atom. The summed E-state index contributed by atoms with van der Waals surface area (Å²) in [5, 5.41) is 7.34. The molecule has 0 spiro atoms. The van der Waals surface area contributed by atoms with Crippen LogP contribution in [0.5, 0.6) is 0 Å². The number of fused-ring (bicyclic) bond motifs is 3. The Morgan fingerprint density at radius 2 is 0.919 bits per heavy atom. The SMILES string of the molecule is Brc1cc[c]c2ccccc12.[c]1ccc(-c2ccc(-c3cccc4ccccc34)cc2)c2ccccc12. The monoisotopic (exact) mass is 534 g/mol. The molecular formula is C36H23Br. The predicted molar refractivity (Wildman–Crippen MR) is 162 cm³/mol. The Balaban J connectivity index is 0.000000191. The fourth-order valence-electron chi connectivity index (χ4n) is 4.82. The fraction of sp³-hybridized carbons (Fsp3) is 0. The van der Waals surface area contributed by atoms with E-state index in [2.05, 4.69) is 137 Å². The molecule has 0 aromatic heterocycles. The van der Waals surface area contributed by atoms with Crippen LogP contribution in [0, 0.1) is 12.1 Å². The van der Waals surface area contributed by atoms with E-state index in [0.717, 1.165) is 15.2 Å². The summed E-state index contributed by atoms with van der Waals surface area (Å²) in [5.41, 5.74) is 5.02. The largest absolute Gasteiger partial charge is 0.0616 e. The van der Waals surface area contributed by atoms with Gasteiger partial charge in [-0.15, -0.1) is 0 Å². The average molecular weight is 535 g/mol. The molecule has 174 valence electrons. The van der Waals surface area contributed by atoms with E-state index < -0.39 is 0 Å². The van der Waals surface area contributed by atoms with E-state index in [1.54, 1.807) is 0 Å². The Kier molecular flexibility index (Phi) is 6.54. The van der Waals surface area contributed by atoms with Crippen LogP contribution in [0.4, 0.5) is 0 Å². The summed E-state index contributed by atoms with van der Waals surface area (Å²) in [7, 11) is 0. The van der Waals surface area contributed by atoms with Crippen molar-refractivity contribution in [1.82, 2.24) is 0 Å². The second kappa shape index (κ2) is 10.4. The van der Waals surface area contributed by atoms with E-state index in [1.807, 2.05) is 30.3 Å². The molecule has 0 unspecified atom stereocenters. The smallest absolute Gasteiger partial charge is 0.0254 e. The quantitative estimate of drug-likeness (QED) is 0.207. The third kappa shape index (κ3) is 4.79. The Morgan fingerprint density at radius 3 is 1.62 bits per heavy atom. The summed E-state index contributed by atoms with van der Waals surface area (Å²) in [4.78, 5) is 0. The summed E-state index contributed by atoms with van der Waals surface area (Å²) in [6, 6.07) is 55.1. The number of rotatable bonds is 2. The zero-order valence-corrected chi connectivity index (χ0v) is 21.7. The van der Waals surface area contributed by atoms with E-state index in [4.69, 9.17) is 0 Å². The van der Waals surface area contributed by atoms with Crippen molar-refractivity contribution in [2.24, 2.45) is 0 Å². The minimum Gasteiger partial charge on any atom is -0.0616 e. The first-order valence-corrected chi connectivity index (χ1v) is 13.1. The summed E-state index contributed by atoms with van der Waals surface area (Å²) in [6.07, 6.45) is 0. The van der Waals surface area contributed by atoms with Gasteiger partial charge in [-0.1, -0.05) is 149 Å². The maximum atomic E-state index is 3.48. The highest BCUT2D eigenvalue weighted by Gasteiger charge is 2.06. The molecule has 0 aliphatic heterocycles. The van der Waals surface area contributed by atoms with Gasteiger partial charge in [-0.3, -0.25) is 0 Å². The van der Waals surface area contributed by atoms with Crippen molar-refractivity contribution < 1.29 is 0 Å². The molecule has 0 saturated carbocycles.